The molecule has 0 amide bonds. The van der Waals surface area contributed by atoms with Gasteiger partial charge in [0.15, 0.2) is 0 Å². The number of nitrogen functional groups attached to an aromatic ring is 1. The summed E-state index contributed by atoms with van der Waals surface area (Å²) in [7, 11) is -3.72. The van der Waals surface area contributed by atoms with E-state index in [4.69, 9.17) is 5.73 Å². The van der Waals surface area contributed by atoms with E-state index < -0.39 is 15.6 Å². The van der Waals surface area contributed by atoms with Gasteiger partial charge in [0.2, 0.25) is 10.0 Å². The molecule has 0 saturated carbocycles. The van der Waals surface area contributed by atoms with E-state index in [1.807, 2.05) is 0 Å². The highest BCUT2D eigenvalue weighted by atomic mass is 79.9. The molecule has 0 saturated heterocycles. The minimum Gasteiger partial charge on any atom is -0.398 e. The van der Waals surface area contributed by atoms with Crippen molar-refractivity contribution in [1.82, 2.24) is 9.71 Å². The van der Waals surface area contributed by atoms with Crippen LogP contribution in [0, 0.1) is 0 Å². The van der Waals surface area contributed by atoms with Gasteiger partial charge in [-0.3, -0.25) is 0 Å². The van der Waals surface area contributed by atoms with E-state index in [0.29, 0.717) is 5.01 Å². The summed E-state index contributed by atoms with van der Waals surface area (Å²) in [6, 6.07) is 4.67. The van der Waals surface area contributed by atoms with Crippen LogP contribution in [0.1, 0.15) is 18.9 Å². The fraction of sp³-hybridized carbons (Fsp3) is 0.250. The van der Waals surface area contributed by atoms with Gasteiger partial charge in [-0.05, 0) is 32.0 Å². The van der Waals surface area contributed by atoms with Crippen LogP contribution in [0.2, 0.25) is 0 Å². The van der Waals surface area contributed by atoms with Gasteiger partial charge < -0.3 is 5.73 Å². The van der Waals surface area contributed by atoms with Crippen molar-refractivity contribution in [2.75, 3.05) is 5.73 Å². The van der Waals surface area contributed by atoms with Gasteiger partial charge in [0.05, 0.1) is 11.2 Å². The van der Waals surface area contributed by atoms with Crippen molar-refractivity contribution in [3.63, 3.8) is 0 Å². The summed E-state index contributed by atoms with van der Waals surface area (Å²) in [5, 5.41) is 2.50. The summed E-state index contributed by atoms with van der Waals surface area (Å²) in [6.45, 7) is 3.52. The lowest BCUT2D eigenvalue weighted by Gasteiger charge is -2.24. The molecular formula is C12H14BrN3O2S2. The zero-order valence-electron chi connectivity index (χ0n) is 10.9. The molecule has 0 aliphatic rings. The second-order valence-electron chi connectivity index (χ2n) is 4.75. The summed E-state index contributed by atoms with van der Waals surface area (Å²) in [5.74, 6) is 0. The lowest BCUT2D eigenvalue weighted by molar-refractivity contribution is 0.470. The first-order valence-electron chi connectivity index (χ1n) is 5.71. The number of aromatic nitrogens is 1. The van der Waals surface area contributed by atoms with Crippen LogP contribution in [0.15, 0.2) is 39.1 Å². The fourth-order valence-corrected chi connectivity index (χ4v) is 4.39. The normalized spacial score (nSPS) is 12.6. The predicted octanol–water partition coefficient (Wildman–Crippen LogP) is 2.70. The maximum absolute atomic E-state index is 12.4. The number of hydrogen-bond donors (Lipinski definition) is 2. The number of nitrogens with two attached hydrogens (primary N) is 1. The third-order valence-electron chi connectivity index (χ3n) is 2.62. The number of sulfonamides is 1. The molecule has 8 heteroatoms. The van der Waals surface area contributed by atoms with Crippen LogP contribution in [0.4, 0.5) is 5.69 Å². The summed E-state index contributed by atoms with van der Waals surface area (Å²) < 4.78 is 28.3. The van der Waals surface area contributed by atoms with Crippen LogP contribution < -0.4 is 10.5 Å². The lowest BCUT2D eigenvalue weighted by Crippen LogP contribution is -2.41. The highest BCUT2D eigenvalue weighted by Crippen LogP contribution is 2.28. The number of nitrogens with one attached hydrogen (secondary N) is 1. The van der Waals surface area contributed by atoms with Gasteiger partial charge >= 0.3 is 0 Å². The van der Waals surface area contributed by atoms with Gasteiger partial charge in [0.25, 0.3) is 0 Å². The van der Waals surface area contributed by atoms with Crippen molar-refractivity contribution in [3.8, 4) is 0 Å². The van der Waals surface area contributed by atoms with E-state index in [9.17, 15) is 8.42 Å². The largest absolute Gasteiger partial charge is 0.398 e. The number of halogens is 1. The number of thiazole rings is 1. The van der Waals surface area contributed by atoms with Crippen molar-refractivity contribution in [2.24, 2.45) is 0 Å². The molecule has 0 spiro atoms. The fourth-order valence-electron chi connectivity index (χ4n) is 1.73. The molecule has 0 radical (unpaired) electrons. The first-order chi connectivity index (χ1) is 9.22. The Bertz CT molecular complexity index is 712. The molecule has 2 rings (SSSR count). The second kappa shape index (κ2) is 5.44. The molecule has 0 aliphatic carbocycles. The zero-order valence-corrected chi connectivity index (χ0v) is 14.1. The van der Waals surface area contributed by atoms with E-state index >= 15 is 0 Å². The van der Waals surface area contributed by atoms with E-state index in [-0.39, 0.29) is 10.6 Å². The van der Waals surface area contributed by atoms with E-state index in [0.717, 1.165) is 4.47 Å². The Morgan fingerprint density at radius 3 is 2.65 bits per heavy atom. The summed E-state index contributed by atoms with van der Waals surface area (Å²) in [5.41, 5.74) is 5.18. The Morgan fingerprint density at radius 2 is 2.10 bits per heavy atom. The van der Waals surface area contributed by atoms with Crippen LogP contribution in [-0.2, 0) is 15.6 Å². The van der Waals surface area contributed by atoms with Gasteiger partial charge in [0.1, 0.15) is 9.90 Å². The molecule has 1 aromatic carbocycles. The van der Waals surface area contributed by atoms with Gasteiger partial charge in [-0.1, -0.05) is 15.9 Å². The van der Waals surface area contributed by atoms with Crippen LogP contribution in [0.3, 0.4) is 0 Å². The molecule has 0 fully saturated rings. The summed E-state index contributed by atoms with van der Waals surface area (Å²) >= 11 is 4.65. The molecule has 0 aliphatic heterocycles. The Morgan fingerprint density at radius 1 is 1.40 bits per heavy atom. The van der Waals surface area contributed by atoms with Crippen molar-refractivity contribution in [3.05, 3.63) is 39.3 Å². The molecule has 1 aromatic heterocycles. The van der Waals surface area contributed by atoms with E-state index in [1.54, 1.807) is 37.6 Å². The van der Waals surface area contributed by atoms with Crippen LogP contribution in [-0.4, -0.2) is 13.4 Å². The van der Waals surface area contributed by atoms with E-state index in [1.165, 1.54) is 17.4 Å². The third-order valence-corrected chi connectivity index (χ3v) is 5.94. The highest BCUT2D eigenvalue weighted by Gasteiger charge is 2.31. The quantitative estimate of drug-likeness (QED) is 0.804. The third kappa shape index (κ3) is 3.20. The average Bonchev–Trinajstić information content (AvgIpc) is 2.80. The first kappa shape index (κ1) is 15.4. The lowest BCUT2D eigenvalue weighted by atomic mass is 10.1. The predicted molar refractivity (Wildman–Crippen MR) is 84.0 cm³/mol. The van der Waals surface area contributed by atoms with E-state index in [2.05, 4.69) is 25.6 Å². The smallest absolute Gasteiger partial charge is 0.243 e. The molecule has 1 heterocycles. The monoisotopic (exact) mass is 375 g/mol. The Labute approximate surface area is 130 Å². The minimum absolute atomic E-state index is 0.0605. The number of anilines is 1. The molecule has 0 unspecified atom stereocenters. The molecule has 2 aromatic rings. The second-order valence-corrected chi connectivity index (χ2v) is 8.21. The number of hydrogen-bond acceptors (Lipinski definition) is 5. The molecule has 5 nitrogen and oxygen atoms in total. The Hall–Kier alpha value is -0.960. The average molecular weight is 376 g/mol. The summed E-state index contributed by atoms with van der Waals surface area (Å²) in [4.78, 5) is 4.22. The van der Waals surface area contributed by atoms with Crippen molar-refractivity contribution < 1.29 is 8.42 Å². The van der Waals surface area contributed by atoms with Crippen molar-refractivity contribution in [1.29, 1.82) is 0 Å². The Kier molecular flexibility index (Phi) is 4.19. The van der Waals surface area contributed by atoms with Crippen LogP contribution in [0.25, 0.3) is 0 Å². The molecule has 108 valence electrons. The first-order valence-corrected chi connectivity index (χ1v) is 8.87. The SMILES string of the molecule is CC(C)(NS(=O)(=O)c1ccc(Br)cc1N)c1nccs1. The number of nitrogens with zero attached hydrogens (tertiary/aromatic N) is 1. The van der Waals surface area contributed by atoms with Crippen molar-refractivity contribution >= 4 is 43.0 Å². The minimum atomic E-state index is -3.72. The molecule has 3 N–H and O–H groups in total. The molecule has 20 heavy (non-hydrogen) atoms. The van der Waals surface area contributed by atoms with Gasteiger partial charge in [-0.15, -0.1) is 11.3 Å². The van der Waals surface area contributed by atoms with Crippen molar-refractivity contribution in [2.45, 2.75) is 24.3 Å². The number of benzene rings is 1. The van der Waals surface area contributed by atoms with Crippen LogP contribution in [0.5, 0.6) is 0 Å². The molecular weight excluding hydrogens is 362 g/mol. The summed E-state index contributed by atoms with van der Waals surface area (Å²) in [6.07, 6.45) is 1.64. The van der Waals surface area contributed by atoms with Gasteiger partial charge in [-0.2, -0.15) is 4.72 Å². The zero-order chi connectivity index (χ0) is 15.0. The topological polar surface area (TPSA) is 85.1 Å². The number of rotatable bonds is 4. The maximum Gasteiger partial charge on any atom is 0.243 e. The standard InChI is InChI=1S/C12H14BrN3O2S2/c1-12(2,11-15-5-6-19-11)16-20(17,18)10-4-3-8(13)7-9(10)14/h3-7,16H,14H2,1-2H3. The highest BCUT2D eigenvalue weighted by molar-refractivity contribution is 9.10. The maximum atomic E-state index is 12.4. The molecule has 0 atom stereocenters. The molecule has 0 bridgehead atoms. The Balaban J connectivity index is 2.37. The van der Waals surface area contributed by atoms with Crippen LogP contribution >= 0.6 is 27.3 Å². The van der Waals surface area contributed by atoms with Gasteiger partial charge in [-0.25, -0.2) is 13.4 Å². The van der Waals surface area contributed by atoms with Gasteiger partial charge in [0, 0.05) is 16.0 Å².